The summed E-state index contributed by atoms with van der Waals surface area (Å²) in [6.45, 7) is 8.74. The van der Waals surface area contributed by atoms with Crippen LogP contribution in [0.4, 0.5) is 0 Å². The van der Waals surface area contributed by atoms with Gasteiger partial charge >= 0.3 is 0 Å². The first kappa shape index (κ1) is 11.0. The van der Waals surface area contributed by atoms with Crippen LogP contribution >= 0.6 is 0 Å². The van der Waals surface area contributed by atoms with Gasteiger partial charge in [-0.25, -0.2) is 0 Å². The van der Waals surface area contributed by atoms with E-state index in [2.05, 4.69) is 27.7 Å². The SMILES string of the molecule is CCC(C)OC1CC(N)C1(C)CC. The molecule has 0 saturated heterocycles. The first-order valence-corrected chi connectivity index (χ1v) is 5.45. The van der Waals surface area contributed by atoms with Crippen LogP contribution in [0.25, 0.3) is 0 Å². The van der Waals surface area contributed by atoms with Gasteiger partial charge in [-0.15, -0.1) is 0 Å². The molecule has 0 aliphatic heterocycles. The Kier molecular flexibility index (Phi) is 3.36. The number of nitrogens with two attached hydrogens (primary N) is 1. The third-order valence-electron chi connectivity index (χ3n) is 3.78. The molecule has 0 aromatic heterocycles. The summed E-state index contributed by atoms with van der Waals surface area (Å²) in [4.78, 5) is 0. The normalized spacial score (nSPS) is 41.3. The lowest BCUT2D eigenvalue weighted by molar-refractivity contribution is -0.145. The van der Waals surface area contributed by atoms with Crippen molar-refractivity contribution in [3.05, 3.63) is 0 Å². The third-order valence-corrected chi connectivity index (χ3v) is 3.78. The summed E-state index contributed by atoms with van der Waals surface area (Å²) in [6, 6.07) is 0.339. The van der Waals surface area contributed by atoms with Crippen LogP contribution < -0.4 is 5.73 Å². The predicted octanol–water partition coefficient (Wildman–Crippen LogP) is 2.32. The van der Waals surface area contributed by atoms with E-state index in [1.54, 1.807) is 0 Å². The number of rotatable bonds is 4. The van der Waals surface area contributed by atoms with E-state index in [4.69, 9.17) is 10.5 Å². The molecule has 1 aliphatic carbocycles. The van der Waals surface area contributed by atoms with E-state index >= 15 is 0 Å². The van der Waals surface area contributed by atoms with Crippen LogP contribution in [0.15, 0.2) is 0 Å². The summed E-state index contributed by atoms with van der Waals surface area (Å²) in [5.41, 5.74) is 6.22. The maximum atomic E-state index is 6.00. The predicted molar refractivity (Wildman–Crippen MR) is 55.6 cm³/mol. The van der Waals surface area contributed by atoms with Gasteiger partial charge in [0.1, 0.15) is 0 Å². The van der Waals surface area contributed by atoms with Crippen molar-refractivity contribution < 1.29 is 4.74 Å². The minimum Gasteiger partial charge on any atom is -0.375 e. The topological polar surface area (TPSA) is 35.2 Å². The molecule has 0 radical (unpaired) electrons. The molecule has 1 aliphatic rings. The van der Waals surface area contributed by atoms with Crippen molar-refractivity contribution in [1.82, 2.24) is 0 Å². The molecule has 2 N–H and O–H groups in total. The molecule has 2 nitrogen and oxygen atoms in total. The second-order valence-electron chi connectivity index (χ2n) is 4.55. The highest BCUT2D eigenvalue weighted by atomic mass is 16.5. The molecular weight excluding hydrogens is 162 g/mol. The van der Waals surface area contributed by atoms with Gasteiger partial charge in [0.05, 0.1) is 12.2 Å². The fourth-order valence-electron chi connectivity index (χ4n) is 1.92. The molecule has 0 aromatic rings. The zero-order valence-corrected chi connectivity index (χ0v) is 9.34. The smallest absolute Gasteiger partial charge is 0.0661 e. The lowest BCUT2D eigenvalue weighted by Crippen LogP contribution is -2.60. The molecule has 0 spiro atoms. The van der Waals surface area contributed by atoms with Crippen molar-refractivity contribution in [3.63, 3.8) is 0 Å². The summed E-state index contributed by atoms with van der Waals surface area (Å²) in [5.74, 6) is 0. The second-order valence-corrected chi connectivity index (χ2v) is 4.55. The molecule has 1 saturated carbocycles. The monoisotopic (exact) mass is 185 g/mol. The van der Waals surface area contributed by atoms with Crippen molar-refractivity contribution >= 4 is 0 Å². The molecule has 78 valence electrons. The van der Waals surface area contributed by atoms with E-state index in [-0.39, 0.29) is 5.41 Å². The van der Waals surface area contributed by atoms with Crippen LogP contribution in [0.2, 0.25) is 0 Å². The molecule has 0 amide bonds. The van der Waals surface area contributed by atoms with Gasteiger partial charge in [-0.3, -0.25) is 0 Å². The molecular formula is C11H23NO. The Morgan fingerprint density at radius 3 is 2.54 bits per heavy atom. The lowest BCUT2D eigenvalue weighted by atomic mass is 9.62. The Labute approximate surface area is 81.8 Å². The Balaban J connectivity index is 2.45. The first-order valence-electron chi connectivity index (χ1n) is 5.45. The van der Waals surface area contributed by atoms with Gasteiger partial charge in [0.2, 0.25) is 0 Å². The molecule has 1 rings (SSSR count). The van der Waals surface area contributed by atoms with E-state index in [0.717, 1.165) is 19.3 Å². The van der Waals surface area contributed by atoms with Gasteiger partial charge in [0.15, 0.2) is 0 Å². The summed E-state index contributed by atoms with van der Waals surface area (Å²) < 4.78 is 5.93. The fourth-order valence-corrected chi connectivity index (χ4v) is 1.92. The minimum atomic E-state index is 0.226. The maximum Gasteiger partial charge on any atom is 0.0661 e. The Bertz CT molecular complexity index is 171. The zero-order chi connectivity index (χ0) is 10.1. The zero-order valence-electron chi connectivity index (χ0n) is 9.34. The largest absolute Gasteiger partial charge is 0.375 e. The highest BCUT2D eigenvalue weighted by Gasteiger charge is 2.49. The summed E-state index contributed by atoms with van der Waals surface area (Å²) in [6.07, 6.45) is 4.01. The van der Waals surface area contributed by atoms with Gasteiger partial charge in [0, 0.05) is 11.5 Å². The summed E-state index contributed by atoms with van der Waals surface area (Å²) in [7, 11) is 0. The summed E-state index contributed by atoms with van der Waals surface area (Å²) in [5, 5.41) is 0. The van der Waals surface area contributed by atoms with E-state index in [1.807, 2.05) is 0 Å². The number of hydrogen-bond donors (Lipinski definition) is 1. The van der Waals surface area contributed by atoms with Crippen LogP contribution in [0, 0.1) is 5.41 Å². The highest BCUT2D eigenvalue weighted by Crippen LogP contribution is 2.45. The lowest BCUT2D eigenvalue weighted by Gasteiger charge is -2.52. The van der Waals surface area contributed by atoms with E-state index < -0.39 is 0 Å². The van der Waals surface area contributed by atoms with Gasteiger partial charge in [-0.2, -0.15) is 0 Å². The van der Waals surface area contributed by atoms with Crippen molar-refractivity contribution in [2.45, 2.75) is 65.2 Å². The summed E-state index contributed by atoms with van der Waals surface area (Å²) >= 11 is 0. The van der Waals surface area contributed by atoms with Gasteiger partial charge in [0.25, 0.3) is 0 Å². The van der Waals surface area contributed by atoms with E-state index in [9.17, 15) is 0 Å². The molecule has 13 heavy (non-hydrogen) atoms. The van der Waals surface area contributed by atoms with Crippen LogP contribution in [-0.2, 0) is 4.74 Å². The molecule has 2 heteroatoms. The first-order chi connectivity index (χ1) is 6.04. The van der Waals surface area contributed by atoms with Crippen molar-refractivity contribution in [2.75, 3.05) is 0 Å². The van der Waals surface area contributed by atoms with E-state index in [0.29, 0.717) is 18.2 Å². The molecule has 0 heterocycles. The quantitative estimate of drug-likeness (QED) is 0.729. The highest BCUT2D eigenvalue weighted by molar-refractivity contribution is 5.03. The van der Waals surface area contributed by atoms with Crippen LogP contribution in [0.5, 0.6) is 0 Å². The minimum absolute atomic E-state index is 0.226. The van der Waals surface area contributed by atoms with Crippen molar-refractivity contribution in [3.8, 4) is 0 Å². The van der Waals surface area contributed by atoms with Gasteiger partial charge in [-0.05, 0) is 26.2 Å². The Morgan fingerprint density at radius 1 is 1.54 bits per heavy atom. The molecule has 4 atom stereocenters. The fraction of sp³-hybridized carbons (Fsp3) is 1.00. The van der Waals surface area contributed by atoms with Gasteiger partial charge in [-0.1, -0.05) is 20.8 Å². The average molecular weight is 185 g/mol. The molecule has 1 fully saturated rings. The Hall–Kier alpha value is -0.0800. The van der Waals surface area contributed by atoms with Gasteiger partial charge < -0.3 is 10.5 Å². The van der Waals surface area contributed by atoms with Crippen LogP contribution in [0.3, 0.4) is 0 Å². The van der Waals surface area contributed by atoms with E-state index in [1.165, 1.54) is 0 Å². The number of hydrogen-bond acceptors (Lipinski definition) is 2. The molecule has 4 unspecified atom stereocenters. The number of ether oxygens (including phenoxy) is 1. The van der Waals surface area contributed by atoms with Crippen molar-refractivity contribution in [2.24, 2.45) is 11.1 Å². The third kappa shape index (κ3) is 1.89. The average Bonchev–Trinajstić information content (AvgIpc) is 2.15. The molecule has 0 bridgehead atoms. The van der Waals surface area contributed by atoms with Crippen LogP contribution in [-0.4, -0.2) is 18.2 Å². The van der Waals surface area contributed by atoms with Crippen molar-refractivity contribution in [1.29, 1.82) is 0 Å². The van der Waals surface area contributed by atoms with Crippen LogP contribution in [0.1, 0.15) is 47.0 Å². The standard InChI is InChI=1S/C11H23NO/c1-5-8(3)13-10-7-9(12)11(10,4)6-2/h8-10H,5-7,12H2,1-4H3. The maximum absolute atomic E-state index is 6.00. The second kappa shape index (κ2) is 3.97. The molecule has 0 aromatic carbocycles. The Morgan fingerprint density at radius 2 is 2.15 bits per heavy atom.